The minimum Gasteiger partial charge on any atom is -0.485 e. The number of fused-ring (bicyclic) bond motifs is 1. The van der Waals surface area contributed by atoms with E-state index in [0.29, 0.717) is 11.5 Å². The Kier molecular flexibility index (Phi) is 6.92. The second kappa shape index (κ2) is 9.59. The van der Waals surface area contributed by atoms with E-state index in [-0.39, 0.29) is 12.1 Å². The fraction of sp³-hybridized carbons (Fsp3) is 0.458. The highest BCUT2D eigenvalue weighted by atomic mass is 16.5. The average molecular weight is 367 g/mol. The summed E-state index contributed by atoms with van der Waals surface area (Å²) in [6.45, 7) is 2.25. The molecule has 1 aliphatic carbocycles. The molecule has 0 fully saturated rings. The topological polar surface area (TPSA) is 35.5 Å². The van der Waals surface area contributed by atoms with Crippen LogP contribution in [0.5, 0.6) is 5.75 Å². The molecule has 3 nitrogen and oxygen atoms in total. The molecule has 0 heterocycles. The van der Waals surface area contributed by atoms with Crippen LogP contribution in [0.15, 0.2) is 48.5 Å². The van der Waals surface area contributed by atoms with Crippen LogP contribution < -0.4 is 4.74 Å². The van der Waals surface area contributed by atoms with Crippen LogP contribution in [0.1, 0.15) is 73.0 Å². The van der Waals surface area contributed by atoms with Gasteiger partial charge in [-0.25, -0.2) is 4.79 Å². The lowest BCUT2D eigenvalue weighted by Crippen LogP contribution is -2.14. The van der Waals surface area contributed by atoms with Crippen LogP contribution in [0.2, 0.25) is 0 Å². The van der Waals surface area contributed by atoms with Gasteiger partial charge >= 0.3 is 5.97 Å². The first-order valence-electron chi connectivity index (χ1n) is 10.2. The van der Waals surface area contributed by atoms with Crippen molar-refractivity contribution in [3.63, 3.8) is 0 Å². The second-order valence-corrected chi connectivity index (χ2v) is 7.42. The predicted molar refractivity (Wildman–Crippen MR) is 108 cm³/mol. The van der Waals surface area contributed by atoms with Gasteiger partial charge in [0.1, 0.15) is 11.9 Å². The van der Waals surface area contributed by atoms with Gasteiger partial charge in [-0.05, 0) is 48.2 Å². The summed E-state index contributed by atoms with van der Waals surface area (Å²) in [4.78, 5) is 11.6. The molecular weight excluding hydrogens is 336 g/mol. The van der Waals surface area contributed by atoms with Crippen molar-refractivity contribution in [1.29, 1.82) is 0 Å². The quantitative estimate of drug-likeness (QED) is 0.396. The van der Waals surface area contributed by atoms with Gasteiger partial charge in [-0.15, -0.1) is 0 Å². The highest BCUT2D eigenvalue weighted by Gasteiger charge is 2.33. The summed E-state index contributed by atoms with van der Waals surface area (Å²) in [6.07, 6.45) is 8.89. The molecular formula is C24H30O3. The molecule has 0 radical (unpaired) electrons. The van der Waals surface area contributed by atoms with Crippen molar-refractivity contribution >= 4 is 5.97 Å². The number of ether oxygens (including phenoxy) is 2. The van der Waals surface area contributed by atoms with E-state index in [1.807, 2.05) is 12.1 Å². The second-order valence-electron chi connectivity index (χ2n) is 7.42. The zero-order valence-electron chi connectivity index (χ0n) is 16.4. The van der Waals surface area contributed by atoms with Gasteiger partial charge in [0.15, 0.2) is 0 Å². The van der Waals surface area contributed by atoms with Gasteiger partial charge < -0.3 is 9.47 Å². The Morgan fingerprint density at radius 2 is 1.74 bits per heavy atom. The van der Waals surface area contributed by atoms with Crippen LogP contribution in [0, 0.1) is 5.92 Å². The Labute approximate surface area is 162 Å². The van der Waals surface area contributed by atoms with Gasteiger partial charge in [0, 0.05) is 5.92 Å². The van der Waals surface area contributed by atoms with Crippen molar-refractivity contribution in [2.45, 2.75) is 58.0 Å². The van der Waals surface area contributed by atoms with Crippen molar-refractivity contribution in [2.24, 2.45) is 5.92 Å². The third-order valence-corrected chi connectivity index (χ3v) is 5.49. The standard InChI is InChI=1S/C24H30O3/c1-3-4-5-6-7-11-20-17-19-10-8-9-12-22(19)23(20)27-21-15-13-18(14-16-21)24(25)26-2/h8-10,12-16,20,23H,3-7,11,17H2,1-2H3. The van der Waals surface area contributed by atoms with Gasteiger partial charge in [0.05, 0.1) is 12.7 Å². The molecule has 0 saturated carbocycles. The fourth-order valence-electron chi connectivity index (χ4n) is 4.00. The van der Waals surface area contributed by atoms with Crippen LogP contribution >= 0.6 is 0 Å². The first-order chi connectivity index (χ1) is 13.2. The normalized spacial score (nSPS) is 18.1. The molecule has 2 aromatic rings. The van der Waals surface area contributed by atoms with Crippen LogP contribution in [-0.2, 0) is 11.2 Å². The Balaban J connectivity index is 1.68. The number of methoxy groups -OCH3 is 1. The number of rotatable bonds is 9. The van der Waals surface area contributed by atoms with Crippen LogP contribution in [0.3, 0.4) is 0 Å². The van der Waals surface area contributed by atoms with Crippen LogP contribution in [0.25, 0.3) is 0 Å². The van der Waals surface area contributed by atoms with E-state index in [9.17, 15) is 4.79 Å². The molecule has 0 bridgehead atoms. The number of unbranched alkanes of at least 4 members (excludes halogenated alkanes) is 4. The van der Waals surface area contributed by atoms with Crippen molar-refractivity contribution < 1.29 is 14.3 Å². The monoisotopic (exact) mass is 366 g/mol. The van der Waals surface area contributed by atoms with Crippen molar-refractivity contribution in [2.75, 3.05) is 7.11 Å². The largest absolute Gasteiger partial charge is 0.485 e. The molecule has 144 valence electrons. The number of carbonyl (C=O) groups excluding carboxylic acids is 1. The molecule has 3 heteroatoms. The maximum atomic E-state index is 11.6. The van der Waals surface area contributed by atoms with Gasteiger partial charge in [-0.2, -0.15) is 0 Å². The molecule has 2 atom stereocenters. The molecule has 2 unspecified atom stereocenters. The van der Waals surface area contributed by atoms with E-state index in [4.69, 9.17) is 9.47 Å². The molecule has 0 saturated heterocycles. The number of hydrogen-bond donors (Lipinski definition) is 0. The molecule has 2 aromatic carbocycles. The van der Waals surface area contributed by atoms with Gasteiger partial charge in [-0.3, -0.25) is 0 Å². The molecule has 0 aliphatic heterocycles. The van der Waals surface area contributed by atoms with Crippen molar-refractivity contribution in [3.05, 3.63) is 65.2 Å². The van der Waals surface area contributed by atoms with E-state index >= 15 is 0 Å². The summed E-state index contributed by atoms with van der Waals surface area (Å²) in [5.74, 6) is 1.00. The summed E-state index contributed by atoms with van der Waals surface area (Å²) < 4.78 is 11.2. The highest BCUT2D eigenvalue weighted by Crippen LogP contribution is 2.41. The van der Waals surface area contributed by atoms with Gasteiger partial charge in [0.25, 0.3) is 0 Å². The maximum Gasteiger partial charge on any atom is 0.337 e. The number of esters is 1. The number of hydrogen-bond acceptors (Lipinski definition) is 3. The molecule has 27 heavy (non-hydrogen) atoms. The molecule has 0 amide bonds. The lowest BCUT2D eigenvalue weighted by molar-refractivity contribution is 0.0600. The van der Waals surface area contributed by atoms with E-state index < -0.39 is 0 Å². The maximum absolute atomic E-state index is 11.6. The Morgan fingerprint density at radius 1 is 1.00 bits per heavy atom. The van der Waals surface area contributed by atoms with E-state index in [1.54, 1.807) is 12.1 Å². The summed E-state index contributed by atoms with van der Waals surface area (Å²) in [6, 6.07) is 15.9. The summed E-state index contributed by atoms with van der Waals surface area (Å²) in [5.41, 5.74) is 3.27. The molecule has 0 spiro atoms. The number of carbonyl (C=O) groups is 1. The zero-order valence-corrected chi connectivity index (χ0v) is 16.4. The lowest BCUT2D eigenvalue weighted by atomic mass is 9.95. The Morgan fingerprint density at radius 3 is 2.48 bits per heavy atom. The fourth-order valence-corrected chi connectivity index (χ4v) is 4.00. The third-order valence-electron chi connectivity index (χ3n) is 5.49. The van der Waals surface area contributed by atoms with Crippen molar-refractivity contribution in [1.82, 2.24) is 0 Å². The third kappa shape index (κ3) is 4.91. The van der Waals surface area contributed by atoms with Crippen LogP contribution in [-0.4, -0.2) is 13.1 Å². The first-order valence-corrected chi connectivity index (χ1v) is 10.2. The highest BCUT2D eigenvalue weighted by molar-refractivity contribution is 5.89. The van der Waals surface area contributed by atoms with E-state index in [1.165, 1.54) is 56.8 Å². The minimum absolute atomic E-state index is 0.0938. The predicted octanol–water partition coefficient (Wildman–Crippen LogP) is 6.13. The summed E-state index contributed by atoms with van der Waals surface area (Å²) in [5, 5.41) is 0. The Hall–Kier alpha value is -2.29. The molecule has 1 aliphatic rings. The minimum atomic E-state index is -0.322. The summed E-state index contributed by atoms with van der Waals surface area (Å²) in [7, 11) is 1.40. The molecule has 0 aromatic heterocycles. The van der Waals surface area contributed by atoms with Crippen LogP contribution in [0.4, 0.5) is 0 Å². The van der Waals surface area contributed by atoms with Gasteiger partial charge in [-0.1, -0.05) is 63.3 Å². The first kappa shape index (κ1) is 19.5. The zero-order chi connectivity index (χ0) is 19.1. The molecule has 3 rings (SSSR count). The number of benzene rings is 2. The average Bonchev–Trinajstić information content (AvgIpc) is 3.05. The van der Waals surface area contributed by atoms with Crippen molar-refractivity contribution in [3.8, 4) is 5.75 Å². The van der Waals surface area contributed by atoms with Gasteiger partial charge in [0.2, 0.25) is 0 Å². The van der Waals surface area contributed by atoms with E-state index in [2.05, 4.69) is 31.2 Å². The lowest BCUT2D eigenvalue weighted by Gasteiger charge is -2.22. The smallest absolute Gasteiger partial charge is 0.337 e. The summed E-state index contributed by atoms with van der Waals surface area (Å²) >= 11 is 0. The SMILES string of the molecule is CCCCCCCC1Cc2ccccc2C1Oc1ccc(C(=O)OC)cc1. The molecule has 0 N–H and O–H groups in total. The van der Waals surface area contributed by atoms with E-state index in [0.717, 1.165) is 12.2 Å². The Bertz CT molecular complexity index is 736.